The molecule has 1 aliphatic rings. The molecule has 1 aromatic carbocycles. The van der Waals surface area contributed by atoms with Crippen LogP contribution in [0.25, 0.3) is 0 Å². The van der Waals surface area contributed by atoms with Crippen LogP contribution in [-0.2, 0) is 9.59 Å². The first kappa shape index (κ1) is 14.2. The van der Waals surface area contributed by atoms with E-state index in [1.54, 1.807) is 18.2 Å². The van der Waals surface area contributed by atoms with Crippen LogP contribution in [0.4, 0.5) is 0 Å². The highest BCUT2D eigenvalue weighted by molar-refractivity contribution is 6.35. The molecule has 7 heteroatoms. The lowest BCUT2D eigenvalue weighted by Gasteiger charge is -2.30. The quantitative estimate of drug-likeness (QED) is 0.797. The van der Waals surface area contributed by atoms with Crippen LogP contribution in [-0.4, -0.2) is 26.3 Å². The zero-order valence-corrected chi connectivity index (χ0v) is 12.4. The van der Waals surface area contributed by atoms with Gasteiger partial charge < -0.3 is 0 Å². The fraction of sp³-hybridized carbons (Fsp3) is 0.286. The number of halogens is 2. The van der Waals surface area contributed by atoms with E-state index >= 15 is 0 Å². The molecule has 1 heterocycles. The molecule has 3 rings (SSSR count). The second-order valence-corrected chi connectivity index (χ2v) is 5.82. The summed E-state index contributed by atoms with van der Waals surface area (Å²) in [6, 6.07) is 4.50. The number of hydrogen-bond donors (Lipinski definition) is 0. The molecule has 0 N–H and O–H groups in total. The van der Waals surface area contributed by atoms with Crippen LogP contribution in [0.1, 0.15) is 30.4 Å². The van der Waals surface area contributed by atoms with Crippen LogP contribution in [0, 0.1) is 0 Å². The molecule has 0 amide bonds. The van der Waals surface area contributed by atoms with E-state index in [1.165, 1.54) is 17.3 Å². The fourth-order valence-corrected chi connectivity index (χ4v) is 3.28. The minimum atomic E-state index is -0.566. The van der Waals surface area contributed by atoms with E-state index in [4.69, 9.17) is 23.2 Å². The highest BCUT2D eigenvalue weighted by Gasteiger charge is 2.39. The van der Waals surface area contributed by atoms with Crippen molar-refractivity contribution in [2.75, 3.05) is 0 Å². The predicted octanol–water partition coefficient (Wildman–Crippen LogP) is 2.84. The zero-order chi connectivity index (χ0) is 15.0. The van der Waals surface area contributed by atoms with Gasteiger partial charge in [0.2, 0.25) is 0 Å². The van der Waals surface area contributed by atoms with Gasteiger partial charge in [0.05, 0.1) is 6.42 Å². The van der Waals surface area contributed by atoms with Crippen LogP contribution in [0.15, 0.2) is 30.9 Å². The molecule has 2 aromatic rings. The summed E-state index contributed by atoms with van der Waals surface area (Å²) in [5.41, 5.74) is 0.725. The maximum absolute atomic E-state index is 12.3. The summed E-state index contributed by atoms with van der Waals surface area (Å²) in [6.07, 6.45) is 3.02. The lowest BCUT2D eigenvalue weighted by atomic mass is 9.78. The number of benzene rings is 1. The molecule has 21 heavy (non-hydrogen) atoms. The van der Waals surface area contributed by atoms with Gasteiger partial charge in [0, 0.05) is 22.4 Å². The van der Waals surface area contributed by atoms with Crippen molar-refractivity contribution >= 4 is 34.8 Å². The van der Waals surface area contributed by atoms with E-state index in [0.717, 1.165) is 5.56 Å². The Morgan fingerprint density at radius 2 is 2.05 bits per heavy atom. The molecule has 1 fully saturated rings. The Morgan fingerprint density at radius 1 is 1.24 bits per heavy atom. The summed E-state index contributed by atoms with van der Waals surface area (Å²) in [5, 5.41) is 5.00. The predicted molar refractivity (Wildman–Crippen MR) is 77.5 cm³/mol. The first-order valence-corrected chi connectivity index (χ1v) is 7.15. The van der Waals surface area contributed by atoms with Crippen molar-refractivity contribution in [1.29, 1.82) is 0 Å². The third-order valence-corrected chi connectivity index (χ3v) is 4.18. The molecule has 0 saturated heterocycles. The van der Waals surface area contributed by atoms with E-state index in [9.17, 15) is 9.59 Å². The number of Topliss-reactive ketones (excluding diaryl/α,β-unsaturated/α-hetero) is 2. The van der Waals surface area contributed by atoms with Gasteiger partial charge in [-0.15, -0.1) is 0 Å². The van der Waals surface area contributed by atoms with Crippen molar-refractivity contribution in [3.63, 3.8) is 0 Å². The third-order valence-electron chi connectivity index (χ3n) is 3.61. The Hall–Kier alpha value is -1.72. The molecule has 0 spiro atoms. The number of hydrogen-bond acceptors (Lipinski definition) is 4. The van der Waals surface area contributed by atoms with Crippen LogP contribution in [0.5, 0.6) is 0 Å². The normalized spacial score (nSPS) is 22.6. The summed E-state index contributed by atoms with van der Waals surface area (Å²) in [6.45, 7) is 0. The van der Waals surface area contributed by atoms with Gasteiger partial charge in [0.25, 0.3) is 0 Å². The van der Waals surface area contributed by atoms with E-state index in [1.807, 2.05) is 0 Å². The van der Waals surface area contributed by atoms with Gasteiger partial charge >= 0.3 is 0 Å². The Morgan fingerprint density at radius 3 is 2.71 bits per heavy atom. The Kier molecular flexibility index (Phi) is 3.78. The summed E-state index contributed by atoms with van der Waals surface area (Å²) < 4.78 is 1.49. The molecule has 0 radical (unpaired) electrons. The number of nitrogens with zero attached hydrogens (tertiary/aromatic N) is 3. The summed E-state index contributed by atoms with van der Waals surface area (Å²) in [7, 11) is 0. The van der Waals surface area contributed by atoms with Crippen LogP contribution >= 0.6 is 23.2 Å². The lowest BCUT2D eigenvalue weighted by Crippen LogP contribution is -2.34. The molecular weight excluding hydrogens is 313 g/mol. The second kappa shape index (κ2) is 5.58. The molecule has 0 aliphatic heterocycles. The van der Waals surface area contributed by atoms with Gasteiger partial charge in [-0.1, -0.05) is 29.3 Å². The SMILES string of the molecule is O=C1CC(=O)[C@@H](n2cncn2)[C@@H](c2ccc(Cl)cc2Cl)C1. The molecule has 108 valence electrons. The Bertz CT molecular complexity index is 700. The van der Waals surface area contributed by atoms with Gasteiger partial charge in [0.15, 0.2) is 5.78 Å². The number of carbonyl (C=O) groups is 2. The average molecular weight is 324 g/mol. The molecule has 1 aliphatic carbocycles. The smallest absolute Gasteiger partial charge is 0.165 e. The van der Waals surface area contributed by atoms with Gasteiger partial charge in [0.1, 0.15) is 24.5 Å². The molecule has 1 saturated carbocycles. The lowest BCUT2D eigenvalue weighted by molar-refractivity contribution is -0.133. The second-order valence-electron chi connectivity index (χ2n) is 4.98. The molecule has 0 unspecified atom stereocenters. The molecular formula is C14H11Cl2N3O2. The van der Waals surface area contributed by atoms with Crippen LogP contribution in [0.3, 0.4) is 0 Å². The standard InChI is InChI=1S/C14H11Cl2N3O2/c15-8-1-2-10(12(16)3-8)11-4-9(20)5-13(21)14(11)19-7-17-6-18-19/h1-3,6-7,11,14H,4-5H2/t11-,14+/m1/s1. The third kappa shape index (κ3) is 2.71. The first-order chi connectivity index (χ1) is 10.1. The maximum atomic E-state index is 12.3. The van der Waals surface area contributed by atoms with Crippen molar-refractivity contribution in [3.05, 3.63) is 46.5 Å². The van der Waals surface area contributed by atoms with Gasteiger partial charge in [-0.2, -0.15) is 5.10 Å². The molecule has 1 aromatic heterocycles. The molecule has 5 nitrogen and oxygen atoms in total. The van der Waals surface area contributed by atoms with Crippen LogP contribution < -0.4 is 0 Å². The highest BCUT2D eigenvalue weighted by atomic mass is 35.5. The first-order valence-electron chi connectivity index (χ1n) is 6.39. The van der Waals surface area contributed by atoms with Crippen molar-refractivity contribution < 1.29 is 9.59 Å². The summed E-state index contributed by atoms with van der Waals surface area (Å²) >= 11 is 12.1. The minimum Gasteiger partial charge on any atom is -0.299 e. The summed E-state index contributed by atoms with van der Waals surface area (Å²) in [5.74, 6) is -0.620. The zero-order valence-electron chi connectivity index (χ0n) is 10.9. The molecule has 2 atom stereocenters. The Labute approximate surface area is 130 Å². The average Bonchev–Trinajstić information content (AvgIpc) is 2.91. The summed E-state index contributed by atoms with van der Waals surface area (Å²) in [4.78, 5) is 28.0. The van der Waals surface area contributed by atoms with Crippen molar-refractivity contribution in [2.45, 2.75) is 24.8 Å². The number of carbonyl (C=O) groups excluding carboxylic acids is 2. The highest BCUT2D eigenvalue weighted by Crippen LogP contribution is 2.40. The monoisotopic (exact) mass is 323 g/mol. The van der Waals surface area contributed by atoms with E-state index in [2.05, 4.69) is 10.1 Å². The van der Waals surface area contributed by atoms with Gasteiger partial charge in [-0.3, -0.25) is 9.59 Å². The van der Waals surface area contributed by atoms with Gasteiger partial charge in [-0.05, 0) is 17.7 Å². The number of aromatic nitrogens is 3. The van der Waals surface area contributed by atoms with E-state index < -0.39 is 6.04 Å². The number of ketones is 2. The minimum absolute atomic E-state index is 0.0771. The Balaban J connectivity index is 2.07. The largest absolute Gasteiger partial charge is 0.299 e. The number of rotatable bonds is 2. The van der Waals surface area contributed by atoms with Crippen molar-refractivity contribution in [2.24, 2.45) is 0 Å². The van der Waals surface area contributed by atoms with E-state index in [0.29, 0.717) is 10.0 Å². The molecule has 0 bridgehead atoms. The van der Waals surface area contributed by atoms with Crippen molar-refractivity contribution in [1.82, 2.24) is 14.8 Å². The van der Waals surface area contributed by atoms with E-state index in [-0.39, 0.29) is 30.3 Å². The topological polar surface area (TPSA) is 64.8 Å². The van der Waals surface area contributed by atoms with Gasteiger partial charge in [-0.25, -0.2) is 9.67 Å². The fourth-order valence-electron chi connectivity index (χ4n) is 2.73. The van der Waals surface area contributed by atoms with Crippen molar-refractivity contribution in [3.8, 4) is 0 Å². The van der Waals surface area contributed by atoms with Crippen LogP contribution in [0.2, 0.25) is 10.0 Å². The maximum Gasteiger partial charge on any atom is 0.165 e.